The van der Waals surface area contributed by atoms with E-state index >= 15 is 0 Å². The van der Waals surface area contributed by atoms with Gasteiger partial charge in [0, 0.05) is 16.1 Å². The van der Waals surface area contributed by atoms with Gasteiger partial charge in [0.2, 0.25) is 0 Å². The van der Waals surface area contributed by atoms with Gasteiger partial charge in [0.15, 0.2) is 0 Å². The summed E-state index contributed by atoms with van der Waals surface area (Å²) in [5.41, 5.74) is 8.42. The first-order valence-corrected chi connectivity index (χ1v) is 8.18. The summed E-state index contributed by atoms with van der Waals surface area (Å²) >= 11 is 3.48. The summed E-state index contributed by atoms with van der Waals surface area (Å²) in [4.78, 5) is 0. The molecule has 2 nitrogen and oxygen atoms in total. The molecular weight excluding hydrogens is 326 g/mol. The molecule has 2 aromatic carbocycles. The van der Waals surface area contributed by atoms with Crippen molar-refractivity contribution in [3.05, 3.63) is 64.1 Å². The van der Waals surface area contributed by atoms with E-state index in [-0.39, 0.29) is 6.04 Å². The van der Waals surface area contributed by atoms with Crippen molar-refractivity contribution in [3.63, 3.8) is 0 Å². The maximum atomic E-state index is 5.98. The quantitative estimate of drug-likeness (QED) is 0.725. The summed E-state index contributed by atoms with van der Waals surface area (Å²) in [6, 6.07) is 16.6. The number of ether oxygens (including phenoxy) is 1. The van der Waals surface area contributed by atoms with Crippen LogP contribution in [0.25, 0.3) is 0 Å². The molecule has 0 aliphatic heterocycles. The molecule has 0 aliphatic rings. The highest BCUT2D eigenvalue weighted by molar-refractivity contribution is 9.10. The molecule has 0 saturated heterocycles. The van der Waals surface area contributed by atoms with E-state index in [1.165, 1.54) is 5.56 Å². The fourth-order valence-corrected chi connectivity index (χ4v) is 2.61. The third-order valence-corrected chi connectivity index (χ3v) is 3.92. The lowest BCUT2D eigenvalue weighted by molar-refractivity contribution is 0.302. The number of aryl methyl sites for hydroxylation is 1. The second-order valence-electron chi connectivity index (χ2n) is 5.26. The van der Waals surface area contributed by atoms with E-state index in [1.54, 1.807) is 0 Å². The van der Waals surface area contributed by atoms with E-state index in [0.29, 0.717) is 0 Å². The molecule has 0 aliphatic carbocycles. The van der Waals surface area contributed by atoms with Gasteiger partial charge in [-0.25, -0.2) is 0 Å². The Balaban J connectivity index is 1.79. The zero-order chi connectivity index (χ0) is 15.1. The predicted molar refractivity (Wildman–Crippen MR) is 91.6 cm³/mol. The summed E-state index contributed by atoms with van der Waals surface area (Å²) in [6.45, 7) is 2.70. The molecule has 0 spiro atoms. The first-order chi connectivity index (χ1) is 10.2. The number of hydrogen-bond donors (Lipinski definition) is 1. The lowest BCUT2D eigenvalue weighted by atomic mass is 10.1. The minimum atomic E-state index is -0.0163. The molecule has 112 valence electrons. The molecule has 1 atom stereocenters. The summed E-state index contributed by atoms with van der Waals surface area (Å²) in [7, 11) is 0. The highest BCUT2D eigenvalue weighted by Crippen LogP contribution is 2.27. The monoisotopic (exact) mass is 347 g/mol. The van der Waals surface area contributed by atoms with Gasteiger partial charge >= 0.3 is 0 Å². The fraction of sp³-hybridized carbons (Fsp3) is 0.333. The summed E-state index contributed by atoms with van der Waals surface area (Å²) in [5.74, 6) is 0.888. The Morgan fingerprint density at radius 3 is 2.57 bits per heavy atom. The number of halogens is 1. The van der Waals surface area contributed by atoms with Gasteiger partial charge in [0.25, 0.3) is 0 Å². The average Bonchev–Trinajstić information content (AvgIpc) is 2.48. The minimum Gasteiger partial charge on any atom is -0.493 e. The number of rotatable bonds is 7. The van der Waals surface area contributed by atoms with Crippen molar-refractivity contribution in [2.45, 2.75) is 32.2 Å². The van der Waals surface area contributed by atoms with Crippen molar-refractivity contribution in [2.24, 2.45) is 5.73 Å². The Labute approximate surface area is 135 Å². The summed E-state index contributed by atoms with van der Waals surface area (Å²) < 4.78 is 6.93. The molecule has 3 heteroatoms. The van der Waals surface area contributed by atoms with Gasteiger partial charge in [-0.05, 0) is 43.9 Å². The van der Waals surface area contributed by atoms with Gasteiger partial charge in [0.1, 0.15) is 5.75 Å². The van der Waals surface area contributed by atoms with Gasteiger partial charge in [-0.1, -0.05) is 52.3 Å². The Bertz CT molecular complexity index is 554. The normalized spacial score (nSPS) is 12.1. The third-order valence-electron chi connectivity index (χ3n) is 3.43. The van der Waals surface area contributed by atoms with Crippen LogP contribution in [0, 0.1) is 0 Å². The average molecular weight is 348 g/mol. The van der Waals surface area contributed by atoms with E-state index in [9.17, 15) is 0 Å². The molecule has 2 rings (SSSR count). The first kappa shape index (κ1) is 16.1. The molecule has 0 amide bonds. The largest absolute Gasteiger partial charge is 0.493 e. The maximum Gasteiger partial charge on any atom is 0.125 e. The van der Waals surface area contributed by atoms with Gasteiger partial charge in [-0.15, -0.1) is 0 Å². The SMILES string of the molecule is CC(N)c1ccc(Br)cc1OCCCCc1ccccc1. The van der Waals surface area contributed by atoms with Crippen molar-refractivity contribution in [1.82, 2.24) is 0 Å². The van der Waals surface area contributed by atoms with Crippen LogP contribution in [-0.2, 0) is 6.42 Å². The van der Waals surface area contributed by atoms with Gasteiger partial charge in [-0.3, -0.25) is 0 Å². The summed E-state index contributed by atoms with van der Waals surface area (Å²) in [5, 5.41) is 0. The van der Waals surface area contributed by atoms with Crippen molar-refractivity contribution in [2.75, 3.05) is 6.61 Å². The molecule has 0 radical (unpaired) electrons. The second-order valence-corrected chi connectivity index (χ2v) is 6.18. The molecule has 21 heavy (non-hydrogen) atoms. The van der Waals surface area contributed by atoms with E-state index < -0.39 is 0 Å². The van der Waals surface area contributed by atoms with Crippen LogP contribution in [0.3, 0.4) is 0 Å². The van der Waals surface area contributed by atoms with Gasteiger partial charge in [0.05, 0.1) is 6.61 Å². The summed E-state index contributed by atoms with van der Waals surface area (Å²) in [6.07, 6.45) is 3.27. The number of unbranched alkanes of at least 4 members (excludes halogenated alkanes) is 1. The Morgan fingerprint density at radius 2 is 1.86 bits per heavy atom. The fourth-order valence-electron chi connectivity index (χ4n) is 2.27. The number of nitrogens with two attached hydrogens (primary N) is 1. The molecule has 0 heterocycles. The minimum absolute atomic E-state index is 0.0163. The molecule has 0 bridgehead atoms. The third kappa shape index (κ3) is 5.18. The Kier molecular flexibility index (Phi) is 6.27. The highest BCUT2D eigenvalue weighted by Gasteiger charge is 2.08. The van der Waals surface area contributed by atoms with Gasteiger partial charge in [-0.2, -0.15) is 0 Å². The van der Waals surface area contributed by atoms with Crippen LogP contribution < -0.4 is 10.5 Å². The van der Waals surface area contributed by atoms with E-state index in [4.69, 9.17) is 10.5 Å². The van der Waals surface area contributed by atoms with Crippen LogP contribution in [0.15, 0.2) is 53.0 Å². The highest BCUT2D eigenvalue weighted by atomic mass is 79.9. The van der Waals surface area contributed by atoms with Crippen molar-refractivity contribution in [1.29, 1.82) is 0 Å². The van der Waals surface area contributed by atoms with Crippen LogP contribution in [-0.4, -0.2) is 6.61 Å². The van der Waals surface area contributed by atoms with E-state index in [0.717, 1.165) is 41.7 Å². The smallest absolute Gasteiger partial charge is 0.125 e. The zero-order valence-electron chi connectivity index (χ0n) is 12.4. The molecule has 2 aromatic rings. The second kappa shape index (κ2) is 8.20. The number of hydrogen-bond acceptors (Lipinski definition) is 2. The lowest BCUT2D eigenvalue weighted by Crippen LogP contribution is -2.08. The molecule has 0 fully saturated rings. The molecule has 0 saturated carbocycles. The Hall–Kier alpha value is -1.32. The van der Waals surface area contributed by atoms with Crippen LogP contribution >= 0.6 is 15.9 Å². The lowest BCUT2D eigenvalue weighted by Gasteiger charge is -2.14. The topological polar surface area (TPSA) is 35.2 Å². The molecular formula is C18H22BrNO. The van der Waals surface area contributed by atoms with Crippen molar-refractivity contribution in [3.8, 4) is 5.75 Å². The molecule has 0 aromatic heterocycles. The predicted octanol–water partition coefficient (Wildman–Crippen LogP) is 4.87. The van der Waals surface area contributed by atoms with Crippen LogP contribution in [0.5, 0.6) is 5.75 Å². The zero-order valence-corrected chi connectivity index (χ0v) is 14.0. The first-order valence-electron chi connectivity index (χ1n) is 7.38. The van der Waals surface area contributed by atoms with Crippen LogP contribution in [0.1, 0.15) is 36.9 Å². The molecule has 2 N–H and O–H groups in total. The van der Waals surface area contributed by atoms with E-state index in [1.807, 2.05) is 25.1 Å². The maximum absolute atomic E-state index is 5.98. The van der Waals surface area contributed by atoms with Crippen molar-refractivity contribution >= 4 is 15.9 Å². The van der Waals surface area contributed by atoms with Gasteiger partial charge < -0.3 is 10.5 Å². The van der Waals surface area contributed by atoms with Crippen molar-refractivity contribution < 1.29 is 4.74 Å². The van der Waals surface area contributed by atoms with Crippen LogP contribution in [0.2, 0.25) is 0 Å². The van der Waals surface area contributed by atoms with Crippen LogP contribution in [0.4, 0.5) is 0 Å². The van der Waals surface area contributed by atoms with E-state index in [2.05, 4.69) is 46.3 Å². The molecule has 1 unspecified atom stereocenters. The standard InChI is InChI=1S/C18H22BrNO/c1-14(20)17-11-10-16(19)13-18(17)21-12-6-5-9-15-7-3-2-4-8-15/h2-4,7-8,10-11,13-14H,5-6,9,12,20H2,1H3. The Morgan fingerprint density at radius 1 is 1.10 bits per heavy atom. The number of benzene rings is 2.